The normalized spacial score (nSPS) is 19.2. The van der Waals surface area contributed by atoms with Gasteiger partial charge in [0.2, 0.25) is 5.91 Å². The summed E-state index contributed by atoms with van der Waals surface area (Å²) in [6.07, 6.45) is 5.68. The molecule has 0 radical (unpaired) electrons. The molecule has 1 saturated heterocycles. The maximum atomic E-state index is 11.9. The Morgan fingerprint density at radius 2 is 2.19 bits per heavy atom. The molecule has 0 saturated carbocycles. The fourth-order valence-corrected chi connectivity index (χ4v) is 2.43. The number of carbonyl (C=O) groups excluding carboxylic acids is 1. The molecule has 2 rings (SSSR count). The molecule has 0 bridgehead atoms. The summed E-state index contributed by atoms with van der Waals surface area (Å²) in [5.41, 5.74) is 1.14. The van der Waals surface area contributed by atoms with Crippen LogP contribution in [0.5, 0.6) is 0 Å². The van der Waals surface area contributed by atoms with Crippen molar-refractivity contribution >= 4 is 5.91 Å². The van der Waals surface area contributed by atoms with Gasteiger partial charge in [0, 0.05) is 31.5 Å². The highest BCUT2D eigenvalue weighted by molar-refractivity contribution is 5.78. The van der Waals surface area contributed by atoms with E-state index >= 15 is 0 Å². The minimum Gasteiger partial charge on any atom is -0.381 e. The molecule has 0 unspecified atom stereocenters. The Kier molecular flexibility index (Phi) is 5.76. The molecule has 0 spiro atoms. The molecule has 0 aliphatic carbocycles. The number of hydrogen-bond acceptors (Lipinski definition) is 4. The number of hydrogen-bond donors (Lipinski definition) is 2. The van der Waals surface area contributed by atoms with E-state index < -0.39 is 0 Å². The lowest BCUT2D eigenvalue weighted by Crippen LogP contribution is -2.45. The van der Waals surface area contributed by atoms with Gasteiger partial charge in [-0.05, 0) is 39.2 Å². The van der Waals surface area contributed by atoms with Crippen LogP contribution in [-0.4, -0.2) is 47.5 Å². The van der Waals surface area contributed by atoms with Crippen LogP contribution in [0.1, 0.15) is 38.3 Å². The van der Waals surface area contributed by atoms with Gasteiger partial charge in [0.25, 0.3) is 0 Å². The summed E-state index contributed by atoms with van der Waals surface area (Å²) < 4.78 is 7.22. The quantitative estimate of drug-likeness (QED) is 0.822. The largest absolute Gasteiger partial charge is 0.381 e. The second-order valence-electron chi connectivity index (χ2n) is 5.86. The summed E-state index contributed by atoms with van der Waals surface area (Å²) in [6, 6.07) is 0.633. The van der Waals surface area contributed by atoms with E-state index in [0.29, 0.717) is 6.54 Å². The molecule has 6 nitrogen and oxygen atoms in total. The minimum absolute atomic E-state index is 0.0533. The molecule has 1 aromatic heterocycles. The molecule has 2 N–H and O–H groups in total. The van der Waals surface area contributed by atoms with Gasteiger partial charge in [-0.15, -0.1) is 0 Å². The molecular formula is C15H26N4O2. The van der Waals surface area contributed by atoms with Crippen molar-refractivity contribution in [2.75, 3.05) is 19.8 Å². The highest BCUT2D eigenvalue weighted by Gasteiger charge is 2.18. The van der Waals surface area contributed by atoms with Crippen molar-refractivity contribution in [3.05, 3.63) is 18.0 Å². The summed E-state index contributed by atoms with van der Waals surface area (Å²) >= 11 is 0. The van der Waals surface area contributed by atoms with Crippen molar-refractivity contribution in [2.24, 2.45) is 0 Å². The van der Waals surface area contributed by atoms with Crippen LogP contribution in [0, 0.1) is 6.92 Å². The van der Waals surface area contributed by atoms with Gasteiger partial charge in [-0.3, -0.25) is 9.48 Å². The fourth-order valence-electron chi connectivity index (χ4n) is 2.43. The molecule has 6 heteroatoms. The molecule has 1 aliphatic rings. The SMILES string of the molecule is Cc1cnn([C@H](C)[C@H](C)NCC(=O)NC2CCOCC2)c1. The zero-order chi connectivity index (χ0) is 15.2. The number of nitrogens with one attached hydrogen (secondary N) is 2. The van der Waals surface area contributed by atoms with E-state index in [9.17, 15) is 4.79 Å². The van der Waals surface area contributed by atoms with E-state index in [1.54, 1.807) is 0 Å². The number of aromatic nitrogens is 2. The second kappa shape index (κ2) is 7.56. The average molecular weight is 294 g/mol. The molecular weight excluding hydrogens is 268 g/mol. The molecule has 1 aliphatic heterocycles. The summed E-state index contributed by atoms with van der Waals surface area (Å²) in [7, 11) is 0. The highest BCUT2D eigenvalue weighted by atomic mass is 16.5. The summed E-state index contributed by atoms with van der Waals surface area (Å²) in [5, 5.41) is 10.6. The van der Waals surface area contributed by atoms with E-state index in [4.69, 9.17) is 4.74 Å². The first-order valence-electron chi connectivity index (χ1n) is 7.67. The van der Waals surface area contributed by atoms with E-state index in [1.165, 1.54) is 0 Å². The van der Waals surface area contributed by atoms with Crippen molar-refractivity contribution in [1.29, 1.82) is 0 Å². The fraction of sp³-hybridized carbons (Fsp3) is 0.733. The Labute approximate surface area is 126 Å². The predicted molar refractivity (Wildman–Crippen MR) is 81.1 cm³/mol. The second-order valence-corrected chi connectivity index (χ2v) is 5.86. The lowest BCUT2D eigenvalue weighted by molar-refractivity contribution is -0.121. The van der Waals surface area contributed by atoms with Crippen molar-refractivity contribution in [2.45, 2.75) is 51.7 Å². The van der Waals surface area contributed by atoms with Gasteiger partial charge in [0.05, 0.1) is 18.8 Å². The Balaban J connectivity index is 1.72. The topological polar surface area (TPSA) is 68.2 Å². The Morgan fingerprint density at radius 3 is 2.81 bits per heavy atom. The first-order valence-corrected chi connectivity index (χ1v) is 7.67. The number of rotatable bonds is 6. The van der Waals surface area contributed by atoms with E-state index in [0.717, 1.165) is 31.6 Å². The zero-order valence-electron chi connectivity index (χ0n) is 13.1. The van der Waals surface area contributed by atoms with Crippen molar-refractivity contribution in [3.8, 4) is 0 Å². The van der Waals surface area contributed by atoms with Gasteiger partial charge in [0.1, 0.15) is 0 Å². The van der Waals surface area contributed by atoms with E-state index in [-0.39, 0.29) is 24.0 Å². The number of aryl methyl sites for hydroxylation is 1. The van der Waals surface area contributed by atoms with Crippen molar-refractivity contribution < 1.29 is 9.53 Å². The molecule has 2 atom stereocenters. The number of carbonyl (C=O) groups is 1. The number of ether oxygens (including phenoxy) is 1. The van der Waals surface area contributed by atoms with Gasteiger partial charge in [-0.1, -0.05) is 0 Å². The molecule has 1 amide bonds. The first kappa shape index (κ1) is 16.0. The third kappa shape index (κ3) is 4.82. The molecule has 1 fully saturated rings. The standard InChI is InChI=1S/C15H26N4O2/c1-11-8-17-19(10-11)13(3)12(2)16-9-15(20)18-14-4-6-21-7-5-14/h8,10,12-14,16H,4-7,9H2,1-3H3,(H,18,20)/t12-,13+/m0/s1. The van der Waals surface area contributed by atoms with Crippen LogP contribution >= 0.6 is 0 Å². The van der Waals surface area contributed by atoms with E-state index in [2.05, 4.69) is 29.6 Å². The lowest BCUT2D eigenvalue weighted by Gasteiger charge is -2.25. The minimum atomic E-state index is 0.0533. The Morgan fingerprint density at radius 1 is 1.48 bits per heavy atom. The molecule has 21 heavy (non-hydrogen) atoms. The van der Waals surface area contributed by atoms with Crippen LogP contribution < -0.4 is 10.6 Å². The van der Waals surface area contributed by atoms with Gasteiger partial charge in [-0.25, -0.2) is 0 Å². The van der Waals surface area contributed by atoms with Gasteiger partial charge in [-0.2, -0.15) is 5.10 Å². The third-order valence-electron chi connectivity index (χ3n) is 4.04. The maximum absolute atomic E-state index is 11.9. The average Bonchev–Trinajstić information content (AvgIpc) is 2.91. The van der Waals surface area contributed by atoms with Crippen LogP contribution in [-0.2, 0) is 9.53 Å². The third-order valence-corrected chi connectivity index (χ3v) is 4.04. The van der Waals surface area contributed by atoms with Crippen LogP contribution in [0.25, 0.3) is 0 Å². The molecule has 118 valence electrons. The number of nitrogens with zero attached hydrogens (tertiary/aromatic N) is 2. The van der Waals surface area contributed by atoms with Gasteiger partial charge < -0.3 is 15.4 Å². The summed E-state index contributed by atoms with van der Waals surface area (Å²) in [5.74, 6) is 0.0533. The van der Waals surface area contributed by atoms with Crippen LogP contribution in [0.4, 0.5) is 0 Å². The summed E-state index contributed by atoms with van der Waals surface area (Å²) in [4.78, 5) is 11.9. The zero-order valence-corrected chi connectivity index (χ0v) is 13.1. The monoisotopic (exact) mass is 294 g/mol. The predicted octanol–water partition coefficient (Wildman–Crippen LogP) is 1.03. The van der Waals surface area contributed by atoms with Crippen LogP contribution in [0.3, 0.4) is 0 Å². The first-order chi connectivity index (χ1) is 10.1. The smallest absolute Gasteiger partial charge is 0.234 e. The van der Waals surface area contributed by atoms with E-state index in [1.807, 2.05) is 24.0 Å². The van der Waals surface area contributed by atoms with Gasteiger partial charge >= 0.3 is 0 Å². The van der Waals surface area contributed by atoms with Crippen LogP contribution in [0.2, 0.25) is 0 Å². The van der Waals surface area contributed by atoms with Gasteiger partial charge in [0.15, 0.2) is 0 Å². The molecule has 0 aromatic carbocycles. The molecule has 1 aromatic rings. The van der Waals surface area contributed by atoms with Crippen molar-refractivity contribution in [3.63, 3.8) is 0 Å². The lowest BCUT2D eigenvalue weighted by atomic mass is 10.1. The Hall–Kier alpha value is -1.40. The van der Waals surface area contributed by atoms with Crippen molar-refractivity contribution in [1.82, 2.24) is 20.4 Å². The van der Waals surface area contributed by atoms with Crippen LogP contribution in [0.15, 0.2) is 12.4 Å². The maximum Gasteiger partial charge on any atom is 0.234 e. The Bertz CT molecular complexity index is 454. The summed E-state index contributed by atoms with van der Waals surface area (Å²) in [6.45, 7) is 8.01. The molecule has 2 heterocycles. The number of amides is 1. The highest BCUT2D eigenvalue weighted by Crippen LogP contribution is 2.10.